The molecule has 212 valence electrons. The average molecular weight is 533 g/mol. The van der Waals surface area contributed by atoms with Gasteiger partial charge in [0.05, 0.1) is 24.5 Å². The van der Waals surface area contributed by atoms with E-state index in [-0.39, 0.29) is 36.1 Å². The Labute approximate surface area is 225 Å². The number of nitrogens with zero attached hydrogens (tertiary/aromatic N) is 4. The molecule has 4 rings (SSSR count). The molecule has 4 N–H and O–H groups in total. The zero-order valence-electron chi connectivity index (χ0n) is 23.9. The lowest BCUT2D eigenvalue weighted by atomic mass is 9.97. The second-order valence-corrected chi connectivity index (χ2v) is 11.9. The minimum atomic E-state index is -0.472. The van der Waals surface area contributed by atoms with Crippen molar-refractivity contribution in [3.8, 4) is 0 Å². The molecule has 0 unspecified atom stereocenters. The molecular formula is C26H44N8O4. The maximum Gasteiger partial charge on any atom is 0.407 e. The molecular weight excluding hydrogens is 488 g/mol. The van der Waals surface area contributed by atoms with Crippen molar-refractivity contribution in [2.75, 3.05) is 26.2 Å². The molecule has 0 aliphatic carbocycles. The van der Waals surface area contributed by atoms with E-state index < -0.39 is 11.2 Å². The molecule has 2 aliphatic heterocycles. The standard InChI is InChI=1S/2C13H22N4O2/c2*1-13(2,3)19-12(18)16-11-7-14-6-10(11)9-5-15-17(4)8-9/h2*5,8,10-11,14H,6-7H2,1-4H3,(H,16,18)/t2*10-,11+/m10/s1. The molecule has 12 nitrogen and oxygen atoms in total. The molecule has 2 fully saturated rings. The molecule has 0 saturated carbocycles. The van der Waals surface area contributed by atoms with Crippen molar-refractivity contribution in [3.05, 3.63) is 35.9 Å². The summed E-state index contributed by atoms with van der Waals surface area (Å²) in [6.45, 7) is 14.3. The van der Waals surface area contributed by atoms with E-state index in [1.54, 1.807) is 9.36 Å². The number of carbonyl (C=O) groups is 2. The fraction of sp³-hybridized carbons (Fsp3) is 0.692. The lowest BCUT2D eigenvalue weighted by molar-refractivity contribution is 0.0492. The minimum Gasteiger partial charge on any atom is -0.444 e. The molecule has 0 bridgehead atoms. The number of ether oxygens (including phenoxy) is 2. The van der Waals surface area contributed by atoms with Gasteiger partial charge in [-0.1, -0.05) is 0 Å². The molecule has 38 heavy (non-hydrogen) atoms. The predicted octanol–water partition coefficient (Wildman–Crippen LogP) is 2.00. The van der Waals surface area contributed by atoms with E-state index in [2.05, 4.69) is 31.5 Å². The molecule has 2 saturated heterocycles. The fourth-order valence-corrected chi connectivity index (χ4v) is 4.54. The first-order valence-corrected chi connectivity index (χ1v) is 13.1. The third-order valence-electron chi connectivity index (χ3n) is 6.14. The van der Waals surface area contributed by atoms with Gasteiger partial charge in [-0.25, -0.2) is 9.59 Å². The van der Waals surface area contributed by atoms with Crippen LogP contribution in [0.4, 0.5) is 9.59 Å². The van der Waals surface area contributed by atoms with E-state index in [0.29, 0.717) is 0 Å². The van der Waals surface area contributed by atoms with E-state index >= 15 is 0 Å². The predicted molar refractivity (Wildman–Crippen MR) is 144 cm³/mol. The molecule has 2 amide bonds. The molecule has 2 aromatic heterocycles. The summed E-state index contributed by atoms with van der Waals surface area (Å²) in [6.07, 6.45) is 6.94. The summed E-state index contributed by atoms with van der Waals surface area (Å²) in [4.78, 5) is 23.6. The van der Waals surface area contributed by atoms with Gasteiger partial charge in [-0.05, 0) is 52.7 Å². The summed E-state index contributed by atoms with van der Waals surface area (Å²) in [7, 11) is 3.78. The maximum absolute atomic E-state index is 11.8. The Morgan fingerprint density at radius 1 is 0.763 bits per heavy atom. The van der Waals surface area contributed by atoms with Crippen LogP contribution in [0.5, 0.6) is 0 Å². The van der Waals surface area contributed by atoms with Crippen LogP contribution in [0.1, 0.15) is 64.5 Å². The number of aryl methyl sites for hydroxylation is 2. The Balaban J connectivity index is 0.000000211. The van der Waals surface area contributed by atoms with Gasteiger partial charge in [0.25, 0.3) is 0 Å². The number of alkyl carbamates (subject to hydrolysis) is 2. The molecule has 2 aliphatic rings. The van der Waals surface area contributed by atoms with E-state index in [0.717, 1.165) is 37.3 Å². The van der Waals surface area contributed by atoms with Gasteiger partial charge < -0.3 is 30.7 Å². The van der Waals surface area contributed by atoms with Crippen molar-refractivity contribution >= 4 is 12.2 Å². The quantitative estimate of drug-likeness (QED) is 0.469. The molecule has 0 spiro atoms. The molecule has 4 heterocycles. The van der Waals surface area contributed by atoms with Gasteiger partial charge in [0.15, 0.2) is 0 Å². The van der Waals surface area contributed by atoms with Gasteiger partial charge in [0, 0.05) is 64.5 Å². The number of carbonyl (C=O) groups excluding carboxylic acids is 2. The number of nitrogens with one attached hydrogen (secondary N) is 4. The Kier molecular flexibility index (Phi) is 9.42. The third-order valence-corrected chi connectivity index (χ3v) is 6.14. The van der Waals surface area contributed by atoms with Crippen LogP contribution in [-0.2, 0) is 23.6 Å². The Bertz CT molecular complexity index is 984. The van der Waals surface area contributed by atoms with E-state index in [9.17, 15) is 9.59 Å². The SMILES string of the molecule is Cn1cc([C@@H]2CNC[C@H]2NC(=O)OC(C)(C)C)cn1.Cn1cc([C@H]2CNC[C@@H]2NC(=O)OC(C)(C)C)cn1. The Hall–Kier alpha value is -3.12. The zero-order valence-corrected chi connectivity index (χ0v) is 23.9. The molecule has 4 atom stereocenters. The smallest absolute Gasteiger partial charge is 0.407 e. The van der Waals surface area contributed by atoms with Crippen molar-refractivity contribution in [3.63, 3.8) is 0 Å². The van der Waals surface area contributed by atoms with Crippen LogP contribution in [0.25, 0.3) is 0 Å². The highest BCUT2D eigenvalue weighted by atomic mass is 16.6. The lowest BCUT2D eigenvalue weighted by Gasteiger charge is -2.23. The topological polar surface area (TPSA) is 136 Å². The number of hydrogen-bond donors (Lipinski definition) is 4. The van der Waals surface area contributed by atoms with Gasteiger partial charge >= 0.3 is 12.2 Å². The van der Waals surface area contributed by atoms with Gasteiger partial charge in [0.1, 0.15) is 11.2 Å². The van der Waals surface area contributed by atoms with Crippen LogP contribution < -0.4 is 21.3 Å². The summed E-state index contributed by atoms with van der Waals surface area (Å²) in [5, 5.41) is 20.8. The first-order valence-electron chi connectivity index (χ1n) is 13.1. The van der Waals surface area contributed by atoms with Crippen LogP contribution in [-0.4, -0.2) is 81.2 Å². The summed E-state index contributed by atoms with van der Waals surface area (Å²) >= 11 is 0. The molecule has 12 heteroatoms. The minimum absolute atomic E-state index is 0.0408. The van der Waals surface area contributed by atoms with Crippen LogP contribution in [0.15, 0.2) is 24.8 Å². The summed E-state index contributed by atoms with van der Waals surface area (Å²) in [6, 6.07) is 0.0816. The summed E-state index contributed by atoms with van der Waals surface area (Å²) in [5.41, 5.74) is 1.32. The largest absolute Gasteiger partial charge is 0.444 e. The number of rotatable bonds is 4. The first kappa shape index (κ1) is 29.4. The third kappa shape index (κ3) is 9.02. The molecule has 0 radical (unpaired) electrons. The van der Waals surface area contributed by atoms with Gasteiger partial charge in [-0.15, -0.1) is 0 Å². The second kappa shape index (κ2) is 12.2. The van der Waals surface area contributed by atoms with Crippen molar-refractivity contribution in [1.82, 2.24) is 40.8 Å². The highest BCUT2D eigenvalue weighted by molar-refractivity contribution is 5.69. The second-order valence-electron chi connectivity index (χ2n) is 11.9. The Morgan fingerprint density at radius 2 is 1.13 bits per heavy atom. The molecule has 2 aromatic rings. The van der Waals surface area contributed by atoms with Gasteiger partial charge in [-0.2, -0.15) is 10.2 Å². The molecule has 0 aromatic carbocycles. The maximum atomic E-state index is 11.8. The van der Waals surface area contributed by atoms with Crippen LogP contribution >= 0.6 is 0 Å². The lowest BCUT2D eigenvalue weighted by Crippen LogP contribution is -2.42. The summed E-state index contributed by atoms with van der Waals surface area (Å²) in [5.74, 6) is 0.474. The van der Waals surface area contributed by atoms with Crippen molar-refractivity contribution < 1.29 is 19.1 Å². The summed E-state index contributed by atoms with van der Waals surface area (Å²) < 4.78 is 14.1. The first-order chi connectivity index (χ1) is 17.7. The average Bonchev–Trinajstić information content (AvgIpc) is 3.54. The normalized spacial score (nSPS) is 23.4. The number of aromatic nitrogens is 4. The zero-order chi connectivity index (χ0) is 28.1. The van der Waals surface area contributed by atoms with E-state index in [4.69, 9.17) is 9.47 Å². The number of amides is 2. The van der Waals surface area contributed by atoms with Gasteiger partial charge in [-0.3, -0.25) is 9.36 Å². The highest BCUT2D eigenvalue weighted by Gasteiger charge is 2.33. The van der Waals surface area contributed by atoms with E-state index in [1.807, 2.05) is 80.4 Å². The van der Waals surface area contributed by atoms with E-state index in [1.165, 1.54) is 0 Å². The Morgan fingerprint density at radius 3 is 1.42 bits per heavy atom. The van der Waals surface area contributed by atoms with Crippen LogP contribution in [0.2, 0.25) is 0 Å². The number of hydrogen-bond acceptors (Lipinski definition) is 8. The van der Waals surface area contributed by atoms with Crippen molar-refractivity contribution in [2.45, 2.75) is 76.7 Å². The van der Waals surface area contributed by atoms with Crippen molar-refractivity contribution in [2.24, 2.45) is 14.1 Å². The van der Waals surface area contributed by atoms with Crippen LogP contribution in [0.3, 0.4) is 0 Å². The fourth-order valence-electron chi connectivity index (χ4n) is 4.54. The van der Waals surface area contributed by atoms with Crippen molar-refractivity contribution in [1.29, 1.82) is 0 Å². The monoisotopic (exact) mass is 532 g/mol. The highest BCUT2D eigenvalue weighted by Crippen LogP contribution is 2.23. The van der Waals surface area contributed by atoms with Gasteiger partial charge in [0.2, 0.25) is 0 Å². The van der Waals surface area contributed by atoms with Crippen LogP contribution in [0, 0.1) is 0 Å².